The zero-order valence-corrected chi connectivity index (χ0v) is 11.1. The highest BCUT2D eigenvalue weighted by molar-refractivity contribution is 8.00. The van der Waals surface area contributed by atoms with Crippen LogP contribution in [0.15, 0.2) is 17.4 Å². The van der Waals surface area contributed by atoms with Gasteiger partial charge < -0.3 is 11.1 Å². The second-order valence-electron chi connectivity index (χ2n) is 4.15. The van der Waals surface area contributed by atoms with Crippen LogP contribution in [0.4, 0.5) is 5.82 Å². The summed E-state index contributed by atoms with van der Waals surface area (Å²) in [5, 5.41) is 3.24. The van der Waals surface area contributed by atoms with E-state index < -0.39 is 0 Å². The monoisotopic (exact) mass is 254 g/mol. The van der Waals surface area contributed by atoms with E-state index in [1.165, 1.54) is 18.0 Å². The molecule has 94 valence electrons. The number of carbonyl (C=O) groups is 1. The summed E-state index contributed by atoms with van der Waals surface area (Å²) in [5.74, 6) is 0.799. The molecule has 0 aliphatic rings. The van der Waals surface area contributed by atoms with E-state index in [9.17, 15) is 4.79 Å². The molecule has 0 radical (unpaired) electrons. The third-order valence-corrected chi connectivity index (χ3v) is 3.14. The first-order valence-electron chi connectivity index (χ1n) is 5.51. The molecule has 1 aromatic heterocycles. The number of anilines is 1. The van der Waals surface area contributed by atoms with Crippen LogP contribution in [-0.2, 0) is 4.79 Å². The van der Waals surface area contributed by atoms with Crippen LogP contribution in [0, 0.1) is 5.92 Å². The summed E-state index contributed by atoms with van der Waals surface area (Å²) in [4.78, 5) is 19.8. The molecule has 0 spiro atoms. The maximum Gasteiger partial charge on any atom is 0.233 e. The zero-order valence-electron chi connectivity index (χ0n) is 10.3. The Hall–Kier alpha value is -1.30. The van der Waals surface area contributed by atoms with Crippen LogP contribution in [0.3, 0.4) is 0 Å². The number of hydrogen-bond donors (Lipinski definition) is 2. The molecule has 0 fully saturated rings. The molecule has 1 unspecified atom stereocenters. The summed E-state index contributed by atoms with van der Waals surface area (Å²) in [6.07, 6.45) is 3.10. The lowest BCUT2D eigenvalue weighted by Gasteiger charge is -2.13. The first-order chi connectivity index (χ1) is 8.00. The van der Waals surface area contributed by atoms with E-state index in [-0.39, 0.29) is 11.2 Å². The van der Waals surface area contributed by atoms with Gasteiger partial charge in [-0.2, -0.15) is 0 Å². The minimum atomic E-state index is -0.229. The lowest BCUT2D eigenvalue weighted by Crippen LogP contribution is -2.33. The lowest BCUT2D eigenvalue weighted by atomic mass is 10.2. The number of hydrogen-bond acceptors (Lipinski definition) is 5. The molecule has 0 bridgehead atoms. The number of nitrogen functional groups attached to an aromatic ring is 1. The predicted molar refractivity (Wildman–Crippen MR) is 69.6 cm³/mol. The molecule has 0 aliphatic heterocycles. The summed E-state index contributed by atoms with van der Waals surface area (Å²) in [6, 6.07) is 0. The molecule has 6 heteroatoms. The van der Waals surface area contributed by atoms with E-state index in [1.807, 2.05) is 6.92 Å². The highest BCUT2D eigenvalue weighted by Gasteiger charge is 2.16. The fraction of sp³-hybridized carbons (Fsp3) is 0.545. The van der Waals surface area contributed by atoms with Crippen molar-refractivity contribution in [1.29, 1.82) is 0 Å². The minimum absolute atomic E-state index is 0.00578. The van der Waals surface area contributed by atoms with Crippen molar-refractivity contribution in [3.05, 3.63) is 12.4 Å². The number of nitrogens with two attached hydrogens (primary N) is 1. The molecule has 0 aliphatic carbocycles. The topological polar surface area (TPSA) is 80.9 Å². The Morgan fingerprint density at radius 1 is 1.41 bits per heavy atom. The molecule has 0 saturated carbocycles. The predicted octanol–water partition coefficient (Wildman–Crippen LogP) is 1.31. The fourth-order valence-electron chi connectivity index (χ4n) is 1.10. The van der Waals surface area contributed by atoms with E-state index >= 15 is 0 Å². The van der Waals surface area contributed by atoms with Crippen LogP contribution < -0.4 is 11.1 Å². The Morgan fingerprint density at radius 3 is 2.65 bits per heavy atom. The van der Waals surface area contributed by atoms with Gasteiger partial charge in [0.05, 0.1) is 5.25 Å². The van der Waals surface area contributed by atoms with Gasteiger partial charge in [0.15, 0.2) is 5.82 Å². The van der Waals surface area contributed by atoms with Crippen molar-refractivity contribution < 1.29 is 4.79 Å². The van der Waals surface area contributed by atoms with Crippen LogP contribution in [0.5, 0.6) is 0 Å². The van der Waals surface area contributed by atoms with E-state index in [4.69, 9.17) is 5.73 Å². The van der Waals surface area contributed by atoms with E-state index in [0.29, 0.717) is 23.3 Å². The Kier molecular flexibility index (Phi) is 5.21. The second kappa shape index (κ2) is 6.44. The van der Waals surface area contributed by atoms with Gasteiger partial charge >= 0.3 is 0 Å². The maximum atomic E-state index is 11.7. The van der Waals surface area contributed by atoms with Crippen LogP contribution in [-0.4, -0.2) is 27.7 Å². The quantitative estimate of drug-likeness (QED) is 0.774. The molecular formula is C11H18N4OS. The van der Waals surface area contributed by atoms with Gasteiger partial charge in [0.2, 0.25) is 5.91 Å². The molecular weight excluding hydrogens is 236 g/mol. The third kappa shape index (κ3) is 4.60. The number of amides is 1. The normalized spacial score (nSPS) is 12.5. The molecule has 3 N–H and O–H groups in total. The van der Waals surface area contributed by atoms with Crippen molar-refractivity contribution in [3.8, 4) is 0 Å². The van der Waals surface area contributed by atoms with Gasteiger partial charge in [-0.3, -0.25) is 4.79 Å². The number of nitrogens with one attached hydrogen (secondary N) is 1. The lowest BCUT2D eigenvalue weighted by molar-refractivity contribution is -0.120. The summed E-state index contributed by atoms with van der Waals surface area (Å²) in [7, 11) is 0. The van der Waals surface area contributed by atoms with Crippen molar-refractivity contribution in [3.63, 3.8) is 0 Å². The SMILES string of the molecule is CC(C)CNC(=O)C(C)Sc1nccnc1N. The molecule has 1 amide bonds. The smallest absolute Gasteiger partial charge is 0.233 e. The van der Waals surface area contributed by atoms with Crippen molar-refractivity contribution >= 4 is 23.5 Å². The minimum Gasteiger partial charge on any atom is -0.381 e. The number of carbonyl (C=O) groups excluding carboxylic acids is 1. The molecule has 0 saturated heterocycles. The summed E-state index contributed by atoms with van der Waals surface area (Å²) < 4.78 is 0. The van der Waals surface area contributed by atoms with Gasteiger partial charge in [-0.25, -0.2) is 9.97 Å². The average molecular weight is 254 g/mol. The van der Waals surface area contributed by atoms with E-state index in [2.05, 4.69) is 29.1 Å². The molecule has 1 rings (SSSR count). The van der Waals surface area contributed by atoms with Crippen LogP contribution in [0.1, 0.15) is 20.8 Å². The van der Waals surface area contributed by atoms with Crippen molar-refractivity contribution in [2.45, 2.75) is 31.0 Å². The average Bonchev–Trinajstić information content (AvgIpc) is 2.28. The molecule has 17 heavy (non-hydrogen) atoms. The van der Waals surface area contributed by atoms with E-state index in [0.717, 1.165) is 0 Å². The number of aromatic nitrogens is 2. The first kappa shape index (κ1) is 13.8. The Labute approximate surface area is 106 Å². The molecule has 1 aromatic rings. The van der Waals surface area contributed by atoms with Crippen molar-refractivity contribution in [1.82, 2.24) is 15.3 Å². The molecule has 0 aromatic carbocycles. The van der Waals surface area contributed by atoms with Gasteiger partial charge in [0.25, 0.3) is 0 Å². The second-order valence-corrected chi connectivity index (χ2v) is 5.48. The highest BCUT2D eigenvalue weighted by Crippen LogP contribution is 2.24. The van der Waals surface area contributed by atoms with Crippen LogP contribution >= 0.6 is 11.8 Å². The van der Waals surface area contributed by atoms with Gasteiger partial charge in [-0.15, -0.1) is 0 Å². The van der Waals surface area contributed by atoms with E-state index in [1.54, 1.807) is 6.20 Å². The van der Waals surface area contributed by atoms with Crippen LogP contribution in [0.2, 0.25) is 0 Å². The first-order valence-corrected chi connectivity index (χ1v) is 6.39. The number of thioether (sulfide) groups is 1. The standard InChI is InChI=1S/C11H18N4OS/c1-7(2)6-15-10(16)8(3)17-11-9(12)13-4-5-14-11/h4-5,7-8H,6H2,1-3H3,(H2,12,13)(H,15,16). The van der Waals surface area contributed by atoms with Gasteiger partial charge in [-0.1, -0.05) is 25.6 Å². The largest absolute Gasteiger partial charge is 0.381 e. The highest BCUT2D eigenvalue weighted by atomic mass is 32.2. The number of nitrogens with zero attached hydrogens (tertiary/aromatic N) is 2. The maximum absolute atomic E-state index is 11.7. The van der Waals surface area contributed by atoms with Crippen molar-refractivity contribution in [2.75, 3.05) is 12.3 Å². The Balaban J connectivity index is 2.51. The van der Waals surface area contributed by atoms with Crippen molar-refractivity contribution in [2.24, 2.45) is 5.92 Å². The zero-order chi connectivity index (χ0) is 12.8. The Bertz CT molecular complexity index is 383. The van der Waals surface area contributed by atoms with Gasteiger partial charge in [-0.05, 0) is 12.8 Å². The molecule has 5 nitrogen and oxygen atoms in total. The fourth-order valence-corrected chi connectivity index (χ4v) is 1.92. The summed E-state index contributed by atoms with van der Waals surface area (Å²) in [6.45, 7) is 6.62. The summed E-state index contributed by atoms with van der Waals surface area (Å²) >= 11 is 1.32. The molecule has 1 atom stereocenters. The number of rotatable bonds is 5. The Morgan fingerprint density at radius 2 is 2.06 bits per heavy atom. The van der Waals surface area contributed by atoms with Crippen LogP contribution in [0.25, 0.3) is 0 Å². The third-order valence-electron chi connectivity index (χ3n) is 2.03. The molecule has 1 heterocycles. The van der Waals surface area contributed by atoms with Gasteiger partial charge in [0, 0.05) is 18.9 Å². The summed E-state index contributed by atoms with van der Waals surface area (Å²) in [5.41, 5.74) is 5.67. The van der Waals surface area contributed by atoms with Gasteiger partial charge in [0.1, 0.15) is 5.03 Å².